The zero-order chi connectivity index (χ0) is 20.2. The third kappa shape index (κ3) is 3.31. The number of nitrogens with zero attached hydrogens (tertiary/aromatic N) is 2. The number of carbonyl (C=O) groups excluding carboxylic acids is 1. The molecular weight excluding hydrogens is 392 g/mol. The molecule has 1 heterocycles. The first kappa shape index (κ1) is 18.9. The van der Waals surface area contributed by atoms with Crippen molar-refractivity contribution in [3.05, 3.63) is 30.2 Å². The van der Waals surface area contributed by atoms with Crippen molar-refractivity contribution >= 4 is 17.6 Å². The molecule has 4 aliphatic rings. The minimum Gasteiger partial charge on any atom is -0.497 e. The number of hydrogen-bond donors (Lipinski definition) is 0. The van der Waals surface area contributed by atoms with Crippen LogP contribution in [0, 0.1) is 17.3 Å². The van der Waals surface area contributed by atoms with Crippen LogP contribution in [0.1, 0.15) is 57.4 Å². The van der Waals surface area contributed by atoms with Gasteiger partial charge in [-0.15, -0.1) is 21.8 Å². The van der Waals surface area contributed by atoms with Crippen LogP contribution in [0.5, 0.6) is 5.75 Å². The highest BCUT2D eigenvalue weighted by Crippen LogP contribution is 2.64. The van der Waals surface area contributed by atoms with Crippen LogP contribution in [0.3, 0.4) is 0 Å². The Bertz CT molecular complexity index is 911. The lowest BCUT2D eigenvalue weighted by atomic mass is 9.49. The summed E-state index contributed by atoms with van der Waals surface area (Å²) in [6.45, 7) is 1.78. The van der Waals surface area contributed by atoms with Crippen LogP contribution in [0.25, 0.3) is 11.5 Å². The quantitative estimate of drug-likeness (QED) is 0.508. The number of alkyl halides is 1. The van der Waals surface area contributed by atoms with E-state index in [9.17, 15) is 4.79 Å². The minimum absolute atomic E-state index is 0.159. The van der Waals surface area contributed by atoms with Gasteiger partial charge in [-0.25, -0.2) is 0 Å². The molecule has 0 amide bonds. The molecule has 4 bridgehead atoms. The molecule has 7 heteroatoms. The molecule has 0 unspecified atom stereocenters. The minimum atomic E-state index is -0.596. The molecule has 0 aliphatic heterocycles. The van der Waals surface area contributed by atoms with Crippen molar-refractivity contribution < 1.29 is 18.7 Å². The fraction of sp³-hybridized carbons (Fsp3) is 0.591. The van der Waals surface area contributed by atoms with E-state index in [1.165, 1.54) is 6.42 Å². The lowest BCUT2D eigenvalue weighted by Gasteiger charge is -2.58. The Hall–Kier alpha value is -2.08. The van der Waals surface area contributed by atoms with Gasteiger partial charge in [0.25, 0.3) is 5.89 Å². The Balaban J connectivity index is 1.30. The van der Waals surface area contributed by atoms with Crippen LogP contribution >= 0.6 is 11.6 Å². The molecule has 1 aromatic carbocycles. The van der Waals surface area contributed by atoms with Gasteiger partial charge in [-0.2, -0.15) is 0 Å². The second kappa shape index (κ2) is 6.73. The molecule has 4 fully saturated rings. The third-order valence-electron chi connectivity index (χ3n) is 6.83. The highest BCUT2D eigenvalue weighted by Gasteiger charge is 2.61. The second-order valence-corrected chi connectivity index (χ2v) is 9.92. The van der Waals surface area contributed by atoms with Crippen molar-refractivity contribution in [3.8, 4) is 17.2 Å². The first-order valence-corrected chi connectivity index (χ1v) is 10.6. The van der Waals surface area contributed by atoms with E-state index < -0.39 is 11.5 Å². The van der Waals surface area contributed by atoms with Gasteiger partial charge < -0.3 is 13.9 Å². The number of benzene rings is 1. The van der Waals surface area contributed by atoms with E-state index in [2.05, 4.69) is 10.2 Å². The SMILES string of the molecule is COc1ccc(-c2nnc([C@H](C)OC(=O)C34C[C@H]5C[C@@H](CC(Cl)(C5)C3)C4)o2)cc1. The van der Waals surface area contributed by atoms with Crippen LogP contribution in [0.4, 0.5) is 0 Å². The first-order valence-electron chi connectivity index (χ1n) is 10.3. The molecule has 0 saturated heterocycles. The van der Waals surface area contributed by atoms with Crippen LogP contribution in [0.2, 0.25) is 0 Å². The average Bonchev–Trinajstić information content (AvgIpc) is 3.16. The summed E-state index contributed by atoms with van der Waals surface area (Å²) < 4.78 is 16.8. The van der Waals surface area contributed by atoms with Crippen molar-refractivity contribution in [1.82, 2.24) is 10.2 Å². The molecule has 3 atom stereocenters. The van der Waals surface area contributed by atoms with Crippen LogP contribution in [-0.4, -0.2) is 28.2 Å². The van der Waals surface area contributed by atoms with Crippen molar-refractivity contribution in [2.45, 2.75) is 56.4 Å². The topological polar surface area (TPSA) is 74.5 Å². The van der Waals surface area contributed by atoms with E-state index in [1.54, 1.807) is 14.0 Å². The van der Waals surface area contributed by atoms with E-state index in [4.69, 9.17) is 25.5 Å². The highest BCUT2D eigenvalue weighted by atomic mass is 35.5. The van der Waals surface area contributed by atoms with Crippen molar-refractivity contribution in [2.75, 3.05) is 7.11 Å². The van der Waals surface area contributed by atoms with Gasteiger partial charge in [0, 0.05) is 10.4 Å². The number of esters is 1. The first-order chi connectivity index (χ1) is 13.9. The fourth-order valence-corrected chi connectivity index (χ4v) is 6.67. The molecule has 2 aromatic rings. The summed E-state index contributed by atoms with van der Waals surface area (Å²) in [5.74, 6) is 2.37. The van der Waals surface area contributed by atoms with E-state index in [1.807, 2.05) is 24.3 Å². The average molecular weight is 417 g/mol. The predicted molar refractivity (Wildman–Crippen MR) is 106 cm³/mol. The maximum absolute atomic E-state index is 13.2. The van der Waals surface area contributed by atoms with Gasteiger partial charge in [0.2, 0.25) is 5.89 Å². The van der Waals surface area contributed by atoms with Gasteiger partial charge in [-0.1, -0.05) is 0 Å². The second-order valence-electron chi connectivity index (χ2n) is 9.11. The largest absolute Gasteiger partial charge is 0.497 e. The Kier molecular flexibility index (Phi) is 4.39. The van der Waals surface area contributed by atoms with E-state index in [-0.39, 0.29) is 10.8 Å². The fourth-order valence-electron chi connectivity index (χ4n) is 5.97. The lowest BCUT2D eigenvalue weighted by Crippen LogP contribution is -2.56. The maximum atomic E-state index is 13.2. The summed E-state index contributed by atoms with van der Waals surface area (Å²) in [6.07, 6.45) is 5.18. The molecule has 0 N–H and O–H groups in total. The van der Waals surface area contributed by atoms with Gasteiger partial charge in [0.1, 0.15) is 5.75 Å². The number of aromatic nitrogens is 2. The summed E-state index contributed by atoms with van der Waals surface area (Å²) in [4.78, 5) is 13.0. The molecular formula is C22H25ClN2O4. The number of ether oxygens (including phenoxy) is 2. The summed E-state index contributed by atoms with van der Waals surface area (Å²) in [5, 5.41) is 8.20. The van der Waals surface area contributed by atoms with Crippen molar-refractivity contribution in [2.24, 2.45) is 17.3 Å². The van der Waals surface area contributed by atoms with Crippen molar-refractivity contribution in [1.29, 1.82) is 0 Å². The smallest absolute Gasteiger partial charge is 0.312 e. The van der Waals surface area contributed by atoms with Gasteiger partial charge >= 0.3 is 5.97 Å². The number of rotatable bonds is 5. The van der Waals surface area contributed by atoms with Crippen LogP contribution in [0.15, 0.2) is 28.7 Å². The van der Waals surface area contributed by atoms with Gasteiger partial charge in [-0.05, 0) is 81.5 Å². The summed E-state index contributed by atoms with van der Waals surface area (Å²) in [7, 11) is 1.62. The standard InChI is InChI=1S/C22H25ClN2O4/c1-13(18-24-25-19(29-18)16-3-5-17(27-2)6-4-16)28-20(26)21-8-14-7-15(9-21)11-22(23,10-14)12-21/h3-6,13-15H,7-12H2,1-2H3/t13-,14+,15+,21?,22?/m0/s1. The number of methoxy groups -OCH3 is 1. The number of hydrogen-bond acceptors (Lipinski definition) is 6. The summed E-state index contributed by atoms with van der Waals surface area (Å²) in [5.41, 5.74) is 0.340. The summed E-state index contributed by atoms with van der Waals surface area (Å²) in [6, 6.07) is 7.36. The zero-order valence-corrected chi connectivity index (χ0v) is 17.4. The third-order valence-corrected chi connectivity index (χ3v) is 7.27. The van der Waals surface area contributed by atoms with E-state index in [0.717, 1.165) is 43.4 Å². The number of halogens is 1. The zero-order valence-electron chi connectivity index (χ0n) is 16.7. The van der Waals surface area contributed by atoms with Gasteiger partial charge in [0.05, 0.1) is 12.5 Å². The molecule has 1 aromatic heterocycles. The van der Waals surface area contributed by atoms with E-state index in [0.29, 0.717) is 23.6 Å². The maximum Gasteiger partial charge on any atom is 0.312 e. The highest BCUT2D eigenvalue weighted by molar-refractivity contribution is 6.24. The molecule has 4 saturated carbocycles. The molecule has 6 nitrogen and oxygen atoms in total. The van der Waals surface area contributed by atoms with Gasteiger partial charge in [0.15, 0.2) is 6.10 Å². The summed E-state index contributed by atoms with van der Waals surface area (Å²) >= 11 is 6.85. The van der Waals surface area contributed by atoms with Crippen LogP contribution < -0.4 is 4.74 Å². The van der Waals surface area contributed by atoms with Gasteiger partial charge in [-0.3, -0.25) is 4.79 Å². The lowest BCUT2D eigenvalue weighted by molar-refractivity contribution is -0.176. The molecule has 154 valence electrons. The normalized spacial score (nSPS) is 33.5. The predicted octanol–water partition coefficient (Wildman–Crippen LogP) is 4.93. The van der Waals surface area contributed by atoms with E-state index >= 15 is 0 Å². The van der Waals surface area contributed by atoms with Crippen molar-refractivity contribution in [3.63, 3.8) is 0 Å². The molecule has 6 rings (SSSR count). The Morgan fingerprint density at radius 3 is 2.48 bits per heavy atom. The Labute approximate surface area is 174 Å². The molecule has 0 radical (unpaired) electrons. The Morgan fingerprint density at radius 2 is 1.86 bits per heavy atom. The number of carbonyl (C=O) groups is 1. The molecule has 29 heavy (non-hydrogen) atoms. The Morgan fingerprint density at radius 1 is 1.17 bits per heavy atom. The van der Waals surface area contributed by atoms with Crippen LogP contribution in [-0.2, 0) is 9.53 Å². The molecule has 0 spiro atoms. The molecule has 4 aliphatic carbocycles. The monoisotopic (exact) mass is 416 g/mol.